The Bertz CT molecular complexity index is 928. The van der Waals surface area contributed by atoms with Crippen LogP contribution in [0.5, 0.6) is 0 Å². The monoisotopic (exact) mass is 389 g/mol. The number of rotatable bonds is 3. The van der Waals surface area contributed by atoms with Crippen LogP contribution in [0.3, 0.4) is 0 Å². The number of hydrogen-bond acceptors (Lipinski definition) is 2. The van der Waals surface area contributed by atoms with Crippen molar-refractivity contribution in [2.75, 3.05) is 26.2 Å². The minimum absolute atomic E-state index is 0.00475. The summed E-state index contributed by atoms with van der Waals surface area (Å²) < 4.78 is 29.2. The van der Waals surface area contributed by atoms with Crippen LogP contribution in [0, 0.1) is 32.4 Å². The predicted octanol–water partition coefficient (Wildman–Crippen LogP) is 3.04. The van der Waals surface area contributed by atoms with Crippen LogP contribution < -0.4 is 0 Å². The fraction of sp³-hybridized carbons (Fsp3) is 0.429. The van der Waals surface area contributed by atoms with Crippen molar-refractivity contribution in [1.82, 2.24) is 14.4 Å². The summed E-state index contributed by atoms with van der Waals surface area (Å²) in [7, 11) is 0. The van der Waals surface area contributed by atoms with Gasteiger partial charge in [0.2, 0.25) is 5.91 Å². The molecule has 0 radical (unpaired) electrons. The molecule has 3 rings (SSSR count). The van der Waals surface area contributed by atoms with Crippen molar-refractivity contribution in [3.8, 4) is 0 Å². The molecule has 1 fully saturated rings. The standard InChI is InChI=1S/C21H25F2N3O2/c1-13-14(2)20(21(28)25-9-7-24(8-10-25)16(4)27)26(15(13)3)12-17-5-6-18(22)11-19(17)23/h5-6,11H,7-10,12H2,1-4H3. The van der Waals surface area contributed by atoms with Gasteiger partial charge >= 0.3 is 0 Å². The molecule has 1 saturated heterocycles. The van der Waals surface area contributed by atoms with Gasteiger partial charge in [0, 0.05) is 50.4 Å². The highest BCUT2D eigenvalue weighted by Gasteiger charge is 2.28. The molecule has 2 amide bonds. The van der Waals surface area contributed by atoms with Crippen LogP contribution in [-0.2, 0) is 11.3 Å². The van der Waals surface area contributed by atoms with E-state index in [4.69, 9.17) is 0 Å². The molecule has 1 aliphatic heterocycles. The Hall–Kier alpha value is -2.70. The zero-order chi connectivity index (χ0) is 20.6. The first-order valence-corrected chi connectivity index (χ1v) is 9.35. The molecule has 0 saturated carbocycles. The average Bonchev–Trinajstić information content (AvgIpc) is 2.87. The van der Waals surface area contributed by atoms with Gasteiger partial charge in [0.1, 0.15) is 17.3 Å². The van der Waals surface area contributed by atoms with Crippen molar-refractivity contribution in [2.24, 2.45) is 0 Å². The van der Waals surface area contributed by atoms with Gasteiger partial charge in [0.25, 0.3) is 5.91 Å². The van der Waals surface area contributed by atoms with Crippen LogP contribution >= 0.6 is 0 Å². The molecular weight excluding hydrogens is 364 g/mol. The predicted molar refractivity (Wildman–Crippen MR) is 102 cm³/mol. The van der Waals surface area contributed by atoms with Gasteiger partial charge in [-0.1, -0.05) is 6.07 Å². The summed E-state index contributed by atoms with van der Waals surface area (Å²) in [5.74, 6) is -1.38. The van der Waals surface area contributed by atoms with E-state index in [0.29, 0.717) is 37.4 Å². The molecular formula is C21H25F2N3O2. The topological polar surface area (TPSA) is 45.6 Å². The second-order valence-corrected chi connectivity index (χ2v) is 7.30. The third kappa shape index (κ3) is 3.66. The fourth-order valence-electron chi connectivity index (χ4n) is 3.69. The Balaban J connectivity index is 1.92. The number of carbonyl (C=O) groups is 2. The zero-order valence-electron chi connectivity index (χ0n) is 16.7. The Kier molecular flexibility index (Phi) is 5.54. The molecule has 1 aromatic carbocycles. The molecule has 0 atom stereocenters. The van der Waals surface area contributed by atoms with Gasteiger partial charge in [-0.25, -0.2) is 8.78 Å². The summed E-state index contributed by atoms with van der Waals surface area (Å²) >= 11 is 0. The van der Waals surface area contributed by atoms with Gasteiger partial charge in [0.15, 0.2) is 0 Å². The zero-order valence-corrected chi connectivity index (χ0v) is 16.7. The van der Waals surface area contributed by atoms with Gasteiger partial charge < -0.3 is 14.4 Å². The number of benzene rings is 1. The van der Waals surface area contributed by atoms with Crippen molar-refractivity contribution >= 4 is 11.8 Å². The minimum atomic E-state index is -0.628. The first kappa shape index (κ1) is 20.0. The molecule has 0 spiro atoms. The molecule has 2 aromatic rings. The highest BCUT2D eigenvalue weighted by atomic mass is 19.1. The van der Waals surface area contributed by atoms with Crippen LogP contribution in [0.1, 0.15) is 39.8 Å². The van der Waals surface area contributed by atoms with E-state index in [-0.39, 0.29) is 18.4 Å². The average molecular weight is 389 g/mol. The lowest BCUT2D eigenvalue weighted by Crippen LogP contribution is -2.50. The number of carbonyl (C=O) groups excluding carboxylic acids is 2. The normalized spacial score (nSPS) is 14.5. The van der Waals surface area contributed by atoms with E-state index in [1.54, 1.807) is 14.4 Å². The largest absolute Gasteiger partial charge is 0.339 e. The first-order valence-electron chi connectivity index (χ1n) is 9.35. The van der Waals surface area contributed by atoms with Gasteiger partial charge in [-0.15, -0.1) is 0 Å². The van der Waals surface area contributed by atoms with Crippen LogP contribution in [0.25, 0.3) is 0 Å². The molecule has 0 N–H and O–H groups in total. The van der Waals surface area contributed by atoms with Crippen LogP contribution in [0.4, 0.5) is 8.78 Å². The molecule has 7 heteroatoms. The number of piperazine rings is 1. The lowest BCUT2D eigenvalue weighted by Gasteiger charge is -2.34. The lowest BCUT2D eigenvalue weighted by molar-refractivity contribution is -0.130. The number of halogens is 2. The highest BCUT2D eigenvalue weighted by Crippen LogP contribution is 2.25. The Morgan fingerprint density at radius 1 is 0.964 bits per heavy atom. The summed E-state index contributed by atoms with van der Waals surface area (Å²) in [5, 5.41) is 0. The second kappa shape index (κ2) is 7.73. The molecule has 28 heavy (non-hydrogen) atoms. The van der Waals surface area contributed by atoms with Crippen LogP contribution in [0.2, 0.25) is 0 Å². The third-order valence-corrected chi connectivity index (χ3v) is 5.69. The van der Waals surface area contributed by atoms with Crippen molar-refractivity contribution in [3.63, 3.8) is 0 Å². The van der Waals surface area contributed by atoms with E-state index in [1.165, 1.54) is 19.1 Å². The maximum atomic E-state index is 14.2. The van der Waals surface area contributed by atoms with Crippen LogP contribution in [0.15, 0.2) is 18.2 Å². The smallest absolute Gasteiger partial charge is 0.270 e. The molecule has 0 bridgehead atoms. The van der Waals surface area contributed by atoms with Gasteiger partial charge in [-0.2, -0.15) is 0 Å². The molecule has 0 aliphatic carbocycles. The molecule has 1 aromatic heterocycles. The van der Waals surface area contributed by atoms with Gasteiger partial charge in [0.05, 0.1) is 6.54 Å². The molecule has 1 aliphatic rings. The maximum Gasteiger partial charge on any atom is 0.270 e. The van der Waals surface area contributed by atoms with Gasteiger partial charge in [-0.3, -0.25) is 9.59 Å². The quantitative estimate of drug-likeness (QED) is 0.810. The SMILES string of the molecule is CC(=O)N1CCN(C(=O)c2c(C)c(C)c(C)n2Cc2ccc(F)cc2F)CC1. The number of amides is 2. The van der Waals surface area contributed by atoms with E-state index in [2.05, 4.69) is 0 Å². The van der Waals surface area contributed by atoms with Crippen molar-refractivity contribution < 1.29 is 18.4 Å². The van der Waals surface area contributed by atoms with E-state index in [0.717, 1.165) is 22.9 Å². The van der Waals surface area contributed by atoms with E-state index in [9.17, 15) is 18.4 Å². The van der Waals surface area contributed by atoms with Crippen molar-refractivity contribution in [3.05, 3.63) is 57.9 Å². The third-order valence-electron chi connectivity index (χ3n) is 5.69. The molecule has 2 heterocycles. The van der Waals surface area contributed by atoms with Gasteiger partial charge in [-0.05, 0) is 38.0 Å². The summed E-state index contributed by atoms with van der Waals surface area (Å²) in [6, 6.07) is 3.49. The second-order valence-electron chi connectivity index (χ2n) is 7.30. The van der Waals surface area contributed by atoms with Crippen molar-refractivity contribution in [2.45, 2.75) is 34.2 Å². The summed E-state index contributed by atoms with van der Waals surface area (Å²) in [6.45, 7) is 9.34. The van der Waals surface area contributed by atoms with Crippen LogP contribution in [-0.4, -0.2) is 52.4 Å². The number of aromatic nitrogens is 1. The number of nitrogens with zero attached hydrogens (tertiary/aromatic N) is 3. The first-order chi connectivity index (χ1) is 13.2. The Labute approximate surface area is 163 Å². The fourth-order valence-corrected chi connectivity index (χ4v) is 3.69. The molecule has 0 unspecified atom stereocenters. The highest BCUT2D eigenvalue weighted by molar-refractivity contribution is 5.95. The number of hydrogen-bond donors (Lipinski definition) is 0. The summed E-state index contributed by atoms with van der Waals surface area (Å²) in [5.41, 5.74) is 3.57. The van der Waals surface area contributed by atoms with E-state index in [1.807, 2.05) is 20.8 Å². The maximum absolute atomic E-state index is 14.2. The van der Waals surface area contributed by atoms with E-state index < -0.39 is 11.6 Å². The lowest BCUT2D eigenvalue weighted by atomic mass is 10.1. The summed E-state index contributed by atoms with van der Waals surface area (Å²) in [6.07, 6.45) is 0. The summed E-state index contributed by atoms with van der Waals surface area (Å²) in [4.78, 5) is 28.2. The Morgan fingerprint density at radius 2 is 1.57 bits per heavy atom. The van der Waals surface area contributed by atoms with E-state index >= 15 is 0 Å². The minimum Gasteiger partial charge on any atom is -0.339 e. The molecule has 150 valence electrons. The molecule has 5 nitrogen and oxygen atoms in total. The van der Waals surface area contributed by atoms with Crippen molar-refractivity contribution in [1.29, 1.82) is 0 Å². The Morgan fingerprint density at radius 3 is 2.14 bits per heavy atom.